The molecule has 0 radical (unpaired) electrons. The van der Waals surface area contributed by atoms with E-state index in [1.54, 1.807) is 14.0 Å². The van der Waals surface area contributed by atoms with E-state index >= 15 is 0 Å². The molecule has 1 atom stereocenters. The van der Waals surface area contributed by atoms with Crippen LogP contribution in [0, 0.1) is 6.92 Å². The number of hydrogen-bond donors (Lipinski definition) is 1. The van der Waals surface area contributed by atoms with Crippen molar-refractivity contribution in [3.05, 3.63) is 11.7 Å². The van der Waals surface area contributed by atoms with Crippen LogP contribution in [0.4, 0.5) is 0 Å². The smallest absolute Gasteiger partial charge is 0.223 e. The van der Waals surface area contributed by atoms with Crippen LogP contribution in [0.1, 0.15) is 18.6 Å². The molecule has 5 nitrogen and oxygen atoms in total. The SMILES string of the molecule is COCC(C)NCCc1noc(C)n1. The second kappa shape index (κ2) is 5.72. The molecule has 0 aromatic carbocycles. The molecule has 1 rings (SSSR count). The number of aryl methyl sites for hydroxylation is 1. The minimum atomic E-state index is 0.355. The van der Waals surface area contributed by atoms with E-state index in [9.17, 15) is 0 Å². The topological polar surface area (TPSA) is 60.2 Å². The van der Waals surface area contributed by atoms with Crippen LogP contribution in [0.3, 0.4) is 0 Å². The Labute approximate surface area is 83.8 Å². The van der Waals surface area contributed by atoms with Gasteiger partial charge in [-0.15, -0.1) is 0 Å². The molecule has 0 fully saturated rings. The van der Waals surface area contributed by atoms with Gasteiger partial charge in [0, 0.05) is 33.0 Å². The van der Waals surface area contributed by atoms with E-state index in [2.05, 4.69) is 22.4 Å². The third kappa shape index (κ3) is 3.85. The normalized spacial score (nSPS) is 13.1. The summed E-state index contributed by atoms with van der Waals surface area (Å²) in [5.74, 6) is 1.37. The Bertz CT molecular complexity index is 262. The second-order valence-electron chi connectivity index (χ2n) is 3.29. The van der Waals surface area contributed by atoms with E-state index in [0.29, 0.717) is 18.5 Å². The van der Waals surface area contributed by atoms with Crippen LogP contribution in [0.2, 0.25) is 0 Å². The lowest BCUT2D eigenvalue weighted by Crippen LogP contribution is -2.31. The maximum atomic E-state index is 5.00. The molecule has 0 aliphatic heterocycles. The van der Waals surface area contributed by atoms with E-state index < -0.39 is 0 Å². The van der Waals surface area contributed by atoms with Crippen molar-refractivity contribution >= 4 is 0 Å². The summed E-state index contributed by atoms with van der Waals surface area (Å²) >= 11 is 0. The van der Waals surface area contributed by atoms with Crippen molar-refractivity contribution in [3.63, 3.8) is 0 Å². The minimum Gasteiger partial charge on any atom is -0.383 e. The Hall–Kier alpha value is -0.940. The number of methoxy groups -OCH3 is 1. The van der Waals surface area contributed by atoms with Crippen molar-refractivity contribution in [2.75, 3.05) is 20.3 Å². The van der Waals surface area contributed by atoms with Crippen LogP contribution in [0.15, 0.2) is 4.52 Å². The third-order valence-corrected chi connectivity index (χ3v) is 1.83. The molecule has 80 valence electrons. The van der Waals surface area contributed by atoms with Crippen LogP contribution in [-0.2, 0) is 11.2 Å². The van der Waals surface area contributed by atoms with Crippen LogP contribution in [0.25, 0.3) is 0 Å². The first kappa shape index (κ1) is 11.1. The van der Waals surface area contributed by atoms with Gasteiger partial charge in [-0.25, -0.2) is 0 Å². The van der Waals surface area contributed by atoms with Gasteiger partial charge in [-0.05, 0) is 6.92 Å². The molecule has 1 aromatic rings. The number of hydrogen-bond acceptors (Lipinski definition) is 5. The first-order chi connectivity index (χ1) is 6.72. The molecule has 0 saturated heterocycles. The quantitative estimate of drug-likeness (QED) is 0.724. The summed E-state index contributed by atoms with van der Waals surface area (Å²) in [5, 5.41) is 7.10. The second-order valence-corrected chi connectivity index (χ2v) is 3.29. The van der Waals surface area contributed by atoms with Crippen LogP contribution in [-0.4, -0.2) is 36.4 Å². The molecule has 0 aliphatic carbocycles. The Morgan fingerprint density at radius 1 is 1.57 bits per heavy atom. The number of aromatic nitrogens is 2. The molecule has 0 bridgehead atoms. The molecule has 1 heterocycles. The number of ether oxygens (including phenoxy) is 1. The summed E-state index contributed by atoms with van der Waals surface area (Å²) < 4.78 is 9.85. The van der Waals surface area contributed by atoms with Gasteiger partial charge >= 0.3 is 0 Å². The minimum absolute atomic E-state index is 0.355. The summed E-state index contributed by atoms with van der Waals surface area (Å²) in [4.78, 5) is 4.10. The fourth-order valence-corrected chi connectivity index (χ4v) is 1.18. The maximum Gasteiger partial charge on any atom is 0.223 e. The van der Waals surface area contributed by atoms with Gasteiger partial charge in [0.05, 0.1) is 6.61 Å². The van der Waals surface area contributed by atoms with Gasteiger partial charge in [0.2, 0.25) is 5.89 Å². The molecule has 0 amide bonds. The molecule has 0 aliphatic rings. The van der Waals surface area contributed by atoms with Crippen molar-refractivity contribution in [1.29, 1.82) is 0 Å². The highest BCUT2D eigenvalue weighted by Crippen LogP contribution is 1.95. The van der Waals surface area contributed by atoms with Crippen molar-refractivity contribution < 1.29 is 9.26 Å². The lowest BCUT2D eigenvalue weighted by Gasteiger charge is -2.10. The molecule has 0 spiro atoms. The highest BCUT2D eigenvalue weighted by molar-refractivity contribution is 4.84. The van der Waals surface area contributed by atoms with Gasteiger partial charge in [0.15, 0.2) is 5.82 Å². The average molecular weight is 199 g/mol. The molecular weight excluding hydrogens is 182 g/mol. The Morgan fingerprint density at radius 3 is 2.93 bits per heavy atom. The van der Waals surface area contributed by atoms with Gasteiger partial charge in [0.1, 0.15) is 0 Å². The molecule has 1 aromatic heterocycles. The first-order valence-electron chi connectivity index (χ1n) is 4.74. The molecule has 1 N–H and O–H groups in total. The van der Waals surface area contributed by atoms with Crippen molar-refractivity contribution in [2.24, 2.45) is 0 Å². The van der Waals surface area contributed by atoms with E-state index in [1.165, 1.54) is 0 Å². The zero-order valence-corrected chi connectivity index (χ0v) is 8.91. The molecule has 14 heavy (non-hydrogen) atoms. The van der Waals surface area contributed by atoms with Crippen LogP contribution >= 0.6 is 0 Å². The Balaban J connectivity index is 2.15. The van der Waals surface area contributed by atoms with Crippen LogP contribution < -0.4 is 5.32 Å². The zero-order valence-electron chi connectivity index (χ0n) is 8.91. The lowest BCUT2D eigenvalue weighted by atomic mass is 10.3. The van der Waals surface area contributed by atoms with Crippen molar-refractivity contribution in [1.82, 2.24) is 15.5 Å². The first-order valence-corrected chi connectivity index (χ1v) is 4.74. The van der Waals surface area contributed by atoms with Gasteiger partial charge in [0.25, 0.3) is 0 Å². The highest BCUT2D eigenvalue weighted by Gasteiger charge is 2.03. The predicted octanol–water partition coefficient (Wildman–Crippen LogP) is 0.545. The third-order valence-electron chi connectivity index (χ3n) is 1.83. The highest BCUT2D eigenvalue weighted by atomic mass is 16.5. The van der Waals surface area contributed by atoms with Gasteiger partial charge in [-0.2, -0.15) is 4.98 Å². The summed E-state index contributed by atoms with van der Waals surface area (Å²) in [6.45, 7) is 5.41. The zero-order chi connectivity index (χ0) is 10.4. The van der Waals surface area contributed by atoms with Crippen molar-refractivity contribution in [2.45, 2.75) is 26.3 Å². The fourth-order valence-electron chi connectivity index (χ4n) is 1.18. The maximum absolute atomic E-state index is 5.00. The van der Waals surface area contributed by atoms with E-state index in [1.807, 2.05) is 0 Å². The van der Waals surface area contributed by atoms with E-state index in [-0.39, 0.29) is 0 Å². The summed E-state index contributed by atoms with van der Waals surface area (Å²) in [6.07, 6.45) is 0.783. The van der Waals surface area contributed by atoms with Gasteiger partial charge in [-0.3, -0.25) is 0 Å². The number of nitrogens with zero attached hydrogens (tertiary/aromatic N) is 2. The van der Waals surface area contributed by atoms with Crippen molar-refractivity contribution in [3.8, 4) is 0 Å². The average Bonchev–Trinajstić information content (AvgIpc) is 2.52. The molecular formula is C9H17N3O2. The van der Waals surface area contributed by atoms with E-state index in [4.69, 9.17) is 9.26 Å². The summed E-state index contributed by atoms with van der Waals surface area (Å²) in [7, 11) is 1.70. The molecule has 1 unspecified atom stereocenters. The van der Waals surface area contributed by atoms with E-state index in [0.717, 1.165) is 18.8 Å². The fraction of sp³-hybridized carbons (Fsp3) is 0.778. The summed E-state index contributed by atoms with van der Waals surface area (Å²) in [6, 6.07) is 0.355. The lowest BCUT2D eigenvalue weighted by molar-refractivity contribution is 0.172. The predicted molar refractivity (Wildman–Crippen MR) is 52.1 cm³/mol. The van der Waals surface area contributed by atoms with Gasteiger partial charge < -0.3 is 14.6 Å². The number of rotatable bonds is 6. The van der Waals surface area contributed by atoms with Gasteiger partial charge in [-0.1, -0.05) is 5.16 Å². The Morgan fingerprint density at radius 2 is 2.36 bits per heavy atom. The van der Waals surface area contributed by atoms with Crippen LogP contribution in [0.5, 0.6) is 0 Å². The molecule has 0 saturated carbocycles. The largest absolute Gasteiger partial charge is 0.383 e. The summed E-state index contributed by atoms with van der Waals surface area (Å²) in [5.41, 5.74) is 0. The number of nitrogens with one attached hydrogen (secondary N) is 1. The Kier molecular flexibility index (Phi) is 4.55. The molecule has 5 heteroatoms. The standard InChI is InChI=1S/C9H17N3O2/c1-7(6-13-3)10-5-4-9-11-8(2)14-12-9/h7,10H,4-6H2,1-3H3. The monoisotopic (exact) mass is 199 g/mol.